The zero-order chi connectivity index (χ0) is 21.8. The van der Waals surface area contributed by atoms with Gasteiger partial charge in [0.1, 0.15) is 11.5 Å². The third kappa shape index (κ3) is 4.42. The zero-order valence-electron chi connectivity index (χ0n) is 17.2. The molecule has 0 saturated heterocycles. The Morgan fingerprint density at radius 1 is 1.13 bits per heavy atom. The first kappa shape index (κ1) is 21.0. The summed E-state index contributed by atoms with van der Waals surface area (Å²) in [5.41, 5.74) is 2.99. The predicted molar refractivity (Wildman–Crippen MR) is 124 cm³/mol. The van der Waals surface area contributed by atoms with E-state index in [0.29, 0.717) is 27.9 Å². The van der Waals surface area contributed by atoms with E-state index in [9.17, 15) is 4.79 Å². The minimum Gasteiger partial charge on any atom is -0.497 e. The number of hydrogen-bond donors (Lipinski definition) is 1. The molecule has 0 bridgehead atoms. The second-order valence-electron chi connectivity index (χ2n) is 6.39. The van der Waals surface area contributed by atoms with E-state index in [0.717, 1.165) is 16.4 Å². The number of hydrogen-bond acceptors (Lipinski definition) is 7. The lowest BCUT2D eigenvalue weighted by Gasteiger charge is -2.08. The van der Waals surface area contributed by atoms with Gasteiger partial charge in [-0.25, -0.2) is 9.97 Å². The highest BCUT2D eigenvalue weighted by Gasteiger charge is 2.14. The molecule has 9 heteroatoms. The highest BCUT2D eigenvalue weighted by atomic mass is 32.2. The average molecular weight is 453 g/mol. The molecule has 1 amide bonds. The van der Waals surface area contributed by atoms with Gasteiger partial charge < -0.3 is 9.47 Å². The molecule has 31 heavy (non-hydrogen) atoms. The largest absolute Gasteiger partial charge is 0.497 e. The van der Waals surface area contributed by atoms with Crippen molar-refractivity contribution in [2.75, 3.05) is 25.8 Å². The molecular formula is C22H20N4O3S2. The topological polar surface area (TPSA) is 78.3 Å². The van der Waals surface area contributed by atoms with E-state index in [1.54, 1.807) is 44.3 Å². The number of carbonyl (C=O) groups excluding carboxylic acids is 1. The molecule has 0 aliphatic heterocycles. The smallest absolute Gasteiger partial charge is 0.257 e. The predicted octanol–water partition coefficient (Wildman–Crippen LogP) is 4.99. The van der Waals surface area contributed by atoms with E-state index in [1.165, 1.54) is 11.3 Å². The SMILES string of the molecule is COc1ccc(OC)c(-c2csc(NC(=O)c3ccc(-n4ccnc4SC)cc3)n2)c1. The molecule has 0 spiro atoms. The molecule has 4 rings (SSSR count). The molecule has 0 atom stereocenters. The number of nitrogens with zero attached hydrogens (tertiary/aromatic N) is 3. The van der Waals surface area contributed by atoms with Crippen molar-refractivity contribution in [2.45, 2.75) is 5.16 Å². The lowest BCUT2D eigenvalue weighted by atomic mass is 10.1. The summed E-state index contributed by atoms with van der Waals surface area (Å²) in [5.74, 6) is 1.17. The molecule has 7 nitrogen and oxygen atoms in total. The lowest BCUT2D eigenvalue weighted by molar-refractivity contribution is 0.102. The maximum atomic E-state index is 12.7. The molecule has 0 aliphatic carbocycles. The van der Waals surface area contributed by atoms with Crippen LogP contribution in [0.3, 0.4) is 0 Å². The summed E-state index contributed by atoms with van der Waals surface area (Å²) in [6, 6.07) is 12.9. The number of aromatic nitrogens is 3. The van der Waals surface area contributed by atoms with Gasteiger partial charge in [0.25, 0.3) is 5.91 Å². The van der Waals surface area contributed by atoms with Crippen LogP contribution in [0.4, 0.5) is 5.13 Å². The van der Waals surface area contributed by atoms with Crippen molar-refractivity contribution in [1.29, 1.82) is 0 Å². The Morgan fingerprint density at radius 2 is 1.94 bits per heavy atom. The second-order valence-corrected chi connectivity index (χ2v) is 8.02. The summed E-state index contributed by atoms with van der Waals surface area (Å²) in [6.45, 7) is 0. The lowest BCUT2D eigenvalue weighted by Crippen LogP contribution is -2.11. The maximum absolute atomic E-state index is 12.7. The number of rotatable bonds is 7. The summed E-state index contributed by atoms with van der Waals surface area (Å²) in [7, 11) is 3.22. The van der Waals surface area contributed by atoms with Crippen molar-refractivity contribution >= 4 is 34.1 Å². The molecule has 4 aromatic rings. The van der Waals surface area contributed by atoms with Gasteiger partial charge in [0.05, 0.1) is 19.9 Å². The van der Waals surface area contributed by atoms with Crippen molar-refractivity contribution < 1.29 is 14.3 Å². The first-order valence-electron chi connectivity index (χ1n) is 9.30. The van der Waals surface area contributed by atoms with E-state index in [1.807, 2.05) is 52.7 Å². The van der Waals surface area contributed by atoms with E-state index in [4.69, 9.17) is 9.47 Å². The monoisotopic (exact) mass is 452 g/mol. The van der Waals surface area contributed by atoms with Gasteiger partial charge in [0.2, 0.25) is 0 Å². The zero-order valence-corrected chi connectivity index (χ0v) is 18.8. The third-order valence-corrected chi connectivity index (χ3v) is 6.03. The normalized spacial score (nSPS) is 10.7. The molecular weight excluding hydrogens is 432 g/mol. The Morgan fingerprint density at radius 3 is 2.65 bits per heavy atom. The number of thioether (sulfide) groups is 1. The van der Waals surface area contributed by atoms with Gasteiger partial charge in [-0.2, -0.15) is 0 Å². The highest BCUT2D eigenvalue weighted by Crippen LogP contribution is 2.35. The Bertz CT molecular complexity index is 1200. The van der Waals surface area contributed by atoms with Crippen LogP contribution in [0, 0.1) is 0 Å². The molecule has 0 saturated carbocycles. The number of anilines is 1. The van der Waals surface area contributed by atoms with Crippen LogP contribution < -0.4 is 14.8 Å². The van der Waals surface area contributed by atoms with Gasteiger partial charge >= 0.3 is 0 Å². The van der Waals surface area contributed by atoms with Crippen LogP contribution >= 0.6 is 23.1 Å². The van der Waals surface area contributed by atoms with Gasteiger partial charge in [-0.1, -0.05) is 11.8 Å². The van der Waals surface area contributed by atoms with Crippen LogP contribution in [-0.2, 0) is 0 Å². The van der Waals surface area contributed by atoms with Crippen molar-refractivity contribution in [2.24, 2.45) is 0 Å². The second kappa shape index (κ2) is 9.23. The molecule has 2 heterocycles. The van der Waals surface area contributed by atoms with Crippen LogP contribution in [0.1, 0.15) is 10.4 Å². The number of benzene rings is 2. The number of thiazole rings is 1. The number of carbonyl (C=O) groups is 1. The number of ether oxygens (including phenoxy) is 2. The van der Waals surface area contributed by atoms with Gasteiger partial charge in [0.15, 0.2) is 10.3 Å². The molecule has 2 aromatic carbocycles. The van der Waals surface area contributed by atoms with Crippen molar-refractivity contribution in [1.82, 2.24) is 14.5 Å². The number of imidazole rings is 1. The van der Waals surface area contributed by atoms with Gasteiger partial charge in [-0.05, 0) is 48.7 Å². The number of amides is 1. The van der Waals surface area contributed by atoms with Gasteiger partial charge in [-0.3, -0.25) is 14.7 Å². The standard InChI is InChI=1S/C22H20N4O3S2/c1-28-16-8-9-19(29-2)17(12-16)18-13-31-21(24-18)25-20(27)14-4-6-15(7-5-14)26-11-10-23-22(26)30-3/h4-13H,1-3H3,(H,24,25,27). The summed E-state index contributed by atoms with van der Waals surface area (Å²) in [6.07, 6.45) is 5.62. The fourth-order valence-electron chi connectivity index (χ4n) is 3.05. The van der Waals surface area contributed by atoms with E-state index in [-0.39, 0.29) is 5.91 Å². The van der Waals surface area contributed by atoms with E-state index >= 15 is 0 Å². The minimum atomic E-state index is -0.222. The fraction of sp³-hybridized carbons (Fsp3) is 0.136. The van der Waals surface area contributed by atoms with E-state index < -0.39 is 0 Å². The third-order valence-electron chi connectivity index (χ3n) is 4.60. The first-order valence-corrected chi connectivity index (χ1v) is 11.4. The fourth-order valence-corrected chi connectivity index (χ4v) is 4.28. The molecule has 2 aromatic heterocycles. The average Bonchev–Trinajstić information content (AvgIpc) is 3.48. The molecule has 0 radical (unpaired) electrons. The van der Waals surface area contributed by atoms with Crippen molar-refractivity contribution in [3.05, 3.63) is 65.8 Å². The maximum Gasteiger partial charge on any atom is 0.257 e. The first-order chi connectivity index (χ1) is 15.1. The quantitative estimate of drug-likeness (QED) is 0.398. The molecule has 0 fully saturated rings. The summed E-state index contributed by atoms with van der Waals surface area (Å²) in [5, 5.41) is 6.14. The Labute approximate surface area is 188 Å². The van der Waals surface area contributed by atoms with Crippen LogP contribution in [0.5, 0.6) is 11.5 Å². The summed E-state index contributed by atoms with van der Waals surface area (Å²) < 4.78 is 12.7. The molecule has 158 valence electrons. The van der Waals surface area contributed by atoms with Crippen LogP contribution in [-0.4, -0.2) is 40.9 Å². The minimum absolute atomic E-state index is 0.222. The van der Waals surface area contributed by atoms with Crippen LogP contribution in [0.2, 0.25) is 0 Å². The number of methoxy groups -OCH3 is 2. The highest BCUT2D eigenvalue weighted by molar-refractivity contribution is 7.98. The molecule has 1 N–H and O–H groups in total. The van der Waals surface area contributed by atoms with Gasteiger partial charge in [-0.15, -0.1) is 11.3 Å². The number of nitrogens with one attached hydrogen (secondary N) is 1. The van der Waals surface area contributed by atoms with Crippen LogP contribution in [0.25, 0.3) is 16.9 Å². The Balaban J connectivity index is 1.51. The van der Waals surface area contributed by atoms with Gasteiger partial charge in [0, 0.05) is 34.6 Å². The molecule has 0 aliphatic rings. The Hall–Kier alpha value is -3.30. The van der Waals surface area contributed by atoms with Crippen LogP contribution in [0.15, 0.2) is 65.4 Å². The summed E-state index contributed by atoms with van der Waals surface area (Å²) >= 11 is 2.91. The van der Waals surface area contributed by atoms with Crippen molar-refractivity contribution in [3.63, 3.8) is 0 Å². The van der Waals surface area contributed by atoms with E-state index in [2.05, 4.69) is 15.3 Å². The van der Waals surface area contributed by atoms with Crippen molar-refractivity contribution in [3.8, 4) is 28.4 Å². The molecule has 0 unspecified atom stereocenters. The summed E-state index contributed by atoms with van der Waals surface area (Å²) in [4.78, 5) is 21.5. The Kier molecular flexibility index (Phi) is 6.24.